The maximum absolute atomic E-state index is 7.48. The molecule has 4 heteroatoms. The van der Waals surface area contributed by atoms with Gasteiger partial charge in [-0.2, -0.15) is 0 Å². The van der Waals surface area contributed by atoms with E-state index in [2.05, 4.69) is 9.97 Å². The molecular weight excluding hydrogens is 206 g/mol. The lowest BCUT2D eigenvalue weighted by Gasteiger charge is -1.94. The molecule has 1 N–H and O–H groups in total. The van der Waals surface area contributed by atoms with Gasteiger partial charge in [-0.25, -0.2) is 9.97 Å². The first kappa shape index (κ1) is 9.98. The summed E-state index contributed by atoms with van der Waals surface area (Å²) in [5.74, 6) is 0. The van der Waals surface area contributed by atoms with E-state index in [1.165, 1.54) is 0 Å². The fourth-order valence-corrected chi connectivity index (χ4v) is 1.91. The molecule has 2 heterocycles. The molecule has 0 saturated carbocycles. The highest BCUT2D eigenvalue weighted by Crippen LogP contribution is 2.07. The number of thiazole rings is 1. The Balaban J connectivity index is 0.00000128. The Morgan fingerprint density at radius 3 is 2.93 bits per heavy atom. The minimum atomic E-state index is 0. The normalized spacial score (nSPS) is 10.1. The van der Waals surface area contributed by atoms with Crippen LogP contribution in [0.4, 0.5) is 0 Å². The summed E-state index contributed by atoms with van der Waals surface area (Å²) in [4.78, 5) is 8.39. The van der Waals surface area contributed by atoms with Crippen LogP contribution in [0.3, 0.4) is 0 Å². The molecule has 0 atom stereocenters. The SMILES string of the molecule is N=c1ccccc(CCc2nccs2)n1.[H+]. The van der Waals surface area contributed by atoms with Crippen LogP contribution >= 0.6 is 11.3 Å². The summed E-state index contributed by atoms with van der Waals surface area (Å²) < 4.78 is 0. The van der Waals surface area contributed by atoms with E-state index in [4.69, 9.17) is 5.41 Å². The van der Waals surface area contributed by atoms with Gasteiger partial charge in [-0.3, -0.25) is 5.41 Å². The Hall–Kier alpha value is -1.55. The van der Waals surface area contributed by atoms with Crippen molar-refractivity contribution in [3.8, 4) is 0 Å². The van der Waals surface area contributed by atoms with Gasteiger partial charge in [0, 0.05) is 23.7 Å². The highest BCUT2D eigenvalue weighted by Gasteiger charge is 1.97. The smallest absolute Gasteiger partial charge is 0.283 e. The van der Waals surface area contributed by atoms with Crippen LogP contribution in [0.15, 0.2) is 35.8 Å². The molecule has 0 amide bonds. The molecule has 0 aliphatic carbocycles. The first-order valence-corrected chi connectivity index (χ1v) is 5.62. The second-order valence-corrected chi connectivity index (χ2v) is 4.11. The zero-order valence-electron chi connectivity index (χ0n) is 9.18. The average molecular weight is 218 g/mol. The Morgan fingerprint density at radius 2 is 2.13 bits per heavy atom. The van der Waals surface area contributed by atoms with Crippen molar-refractivity contribution >= 4 is 11.3 Å². The van der Waals surface area contributed by atoms with E-state index in [0.717, 1.165) is 23.5 Å². The molecule has 2 rings (SSSR count). The first-order chi connectivity index (χ1) is 7.34. The molecule has 2 aromatic rings. The van der Waals surface area contributed by atoms with Crippen molar-refractivity contribution in [1.29, 1.82) is 5.41 Å². The lowest BCUT2D eigenvalue weighted by Crippen LogP contribution is -2.03. The third-order valence-electron chi connectivity index (χ3n) is 2.00. The molecule has 2 aromatic heterocycles. The van der Waals surface area contributed by atoms with E-state index < -0.39 is 0 Å². The number of hydrogen-bond acceptors (Lipinski definition) is 4. The summed E-state index contributed by atoms with van der Waals surface area (Å²) in [6.45, 7) is 0. The van der Waals surface area contributed by atoms with Gasteiger partial charge in [-0.05, 0) is 18.6 Å². The highest BCUT2D eigenvalue weighted by molar-refractivity contribution is 7.09. The largest absolute Gasteiger partial charge is 1.00 e. The summed E-state index contributed by atoms with van der Waals surface area (Å²) in [7, 11) is 0. The lowest BCUT2D eigenvalue weighted by atomic mass is 10.2. The Labute approximate surface area is 93.5 Å². The van der Waals surface area contributed by atoms with E-state index in [1.54, 1.807) is 17.4 Å². The van der Waals surface area contributed by atoms with E-state index in [0.29, 0.717) is 5.49 Å². The van der Waals surface area contributed by atoms with Gasteiger partial charge >= 0.3 is 1.43 Å². The van der Waals surface area contributed by atoms with Crippen molar-refractivity contribution in [2.24, 2.45) is 0 Å². The van der Waals surface area contributed by atoms with E-state index in [1.807, 2.05) is 29.8 Å². The van der Waals surface area contributed by atoms with Gasteiger partial charge in [-0.1, -0.05) is 12.1 Å². The Morgan fingerprint density at radius 1 is 1.27 bits per heavy atom. The predicted octanol–water partition coefficient (Wildman–Crippen LogP) is 1.92. The molecular formula is C11H12N3S+. The van der Waals surface area contributed by atoms with Crippen LogP contribution < -0.4 is 5.49 Å². The monoisotopic (exact) mass is 218 g/mol. The molecule has 0 aromatic carbocycles. The highest BCUT2D eigenvalue weighted by atomic mass is 32.1. The van der Waals surface area contributed by atoms with Crippen molar-refractivity contribution < 1.29 is 1.43 Å². The molecule has 0 spiro atoms. The van der Waals surface area contributed by atoms with Crippen molar-refractivity contribution in [3.63, 3.8) is 0 Å². The zero-order chi connectivity index (χ0) is 10.5. The van der Waals surface area contributed by atoms with Crippen LogP contribution in [0.25, 0.3) is 0 Å². The Bertz CT molecular complexity index is 485. The second kappa shape index (κ2) is 4.79. The molecule has 0 radical (unpaired) electrons. The summed E-state index contributed by atoms with van der Waals surface area (Å²) in [6.07, 6.45) is 3.55. The third kappa shape index (κ3) is 2.95. The maximum Gasteiger partial charge on any atom is 1.00 e. The van der Waals surface area contributed by atoms with Gasteiger partial charge in [0.15, 0.2) is 0 Å². The summed E-state index contributed by atoms with van der Waals surface area (Å²) in [5.41, 5.74) is 1.26. The standard InChI is InChI=1S/C11H11N3S/c12-10-4-2-1-3-9(14-10)5-6-11-13-7-8-15-11/h1-4,7-8,12H,5-6H2/p+1. The molecule has 15 heavy (non-hydrogen) atoms. The molecule has 0 aliphatic rings. The van der Waals surface area contributed by atoms with E-state index in [-0.39, 0.29) is 1.43 Å². The van der Waals surface area contributed by atoms with E-state index in [9.17, 15) is 0 Å². The van der Waals surface area contributed by atoms with Crippen molar-refractivity contribution in [2.45, 2.75) is 12.8 Å². The molecule has 0 unspecified atom stereocenters. The minimum absolute atomic E-state index is 0. The number of aromatic nitrogens is 2. The molecule has 3 nitrogen and oxygen atoms in total. The number of nitrogens with zero attached hydrogens (tertiary/aromatic N) is 2. The van der Waals surface area contributed by atoms with Crippen LogP contribution in [0.1, 0.15) is 12.1 Å². The fourth-order valence-electron chi connectivity index (χ4n) is 1.29. The van der Waals surface area contributed by atoms with Crippen LogP contribution in [-0.2, 0) is 12.8 Å². The van der Waals surface area contributed by atoms with E-state index >= 15 is 0 Å². The molecule has 0 aliphatic heterocycles. The second-order valence-electron chi connectivity index (χ2n) is 3.13. The lowest BCUT2D eigenvalue weighted by molar-refractivity contribution is 0.889. The van der Waals surface area contributed by atoms with Crippen molar-refractivity contribution in [3.05, 3.63) is 52.0 Å². The van der Waals surface area contributed by atoms with Gasteiger partial charge in [-0.15, -0.1) is 11.3 Å². The van der Waals surface area contributed by atoms with Gasteiger partial charge < -0.3 is 0 Å². The van der Waals surface area contributed by atoms with Gasteiger partial charge in [0.05, 0.1) is 5.01 Å². The minimum Gasteiger partial charge on any atom is -0.283 e. The van der Waals surface area contributed by atoms with Crippen molar-refractivity contribution in [2.75, 3.05) is 0 Å². The molecule has 0 saturated heterocycles. The summed E-state index contributed by atoms with van der Waals surface area (Å²) in [5, 5.41) is 10.6. The fraction of sp³-hybridized carbons (Fsp3) is 0.182. The molecule has 0 fully saturated rings. The average Bonchev–Trinajstić information content (AvgIpc) is 2.65. The summed E-state index contributed by atoms with van der Waals surface area (Å²) >= 11 is 1.66. The maximum atomic E-state index is 7.48. The van der Waals surface area contributed by atoms with Gasteiger partial charge in [0.1, 0.15) is 5.49 Å². The predicted molar refractivity (Wildman–Crippen MR) is 60.7 cm³/mol. The summed E-state index contributed by atoms with van der Waals surface area (Å²) in [6, 6.07) is 7.39. The van der Waals surface area contributed by atoms with Gasteiger partial charge in [0.25, 0.3) is 0 Å². The molecule has 0 bridgehead atoms. The molecule has 76 valence electrons. The van der Waals surface area contributed by atoms with Crippen LogP contribution in [-0.4, -0.2) is 9.97 Å². The zero-order valence-corrected chi connectivity index (χ0v) is 9.00. The third-order valence-corrected chi connectivity index (χ3v) is 2.84. The quantitative estimate of drug-likeness (QED) is 0.855. The number of hydrogen-bond donors (Lipinski definition) is 1. The first-order valence-electron chi connectivity index (χ1n) is 4.74. The van der Waals surface area contributed by atoms with Crippen LogP contribution in [0.2, 0.25) is 0 Å². The number of aryl methyl sites for hydroxylation is 2. The Kier molecular flexibility index (Phi) is 3.19. The number of rotatable bonds is 3. The number of nitrogens with one attached hydrogen (secondary N) is 1. The van der Waals surface area contributed by atoms with Gasteiger partial charge in [0.2, 0.25) is 0 Å². The van der Waals surface area contributed by atoms with Crippen LogP contribution in [0, 0.1) is 5.41 Å². The van der Waals surface area contributed by atoms with Crippen LogP contribution in [0.5, 0.6) is 0 Å². The topological polar surface area (TPSA) is 49.6 Å². The van der Waals surface area contributed by atoms with Crippen molar-refractivity contribution in [1.82, 2.24) is 9.97 Å².